The van der Waals surface area contributed by atoms with Crippen molar-refractivity contribution < 1.29 is 23.1 Å². The van der Waals surface area contributed by atoms with Gasteiger partial charge in [-0.3, -0.25) is 4.90 Å². The van der Waals surface area contributed by atoms with Crippen LogP contribution in [-0.2, 0) is 13.1 Å². The molecule has 4 rings (SSSR count). The second-order valence-electron chi connectivity index (χ2n) is 5.71. The van der Waals surface area contributed by atoms with Crippen molar-refractivity contribution in [1.82, 2.24) is 9.88 Å². The Morgan fingerprint density at radius 1 is 1.31 bits per heavy atom. The van der Waals surface area contributed by atoms with E-state index in [4.69, 9.17) is 19.6 Å². The average Bonchev–Trinajstić information content (AvgIpc) is 3.12. The number of nitrogen functional groups attached to an aromatic ring is 1. The Bertz CT molecular complexity index is 959. The molecule has 0 fully saturated rings. The molecule has 132 valence electrons. The highest BCUT2D eigenvalue weighted by Crippen LogP contribution is 2.32. The molecular weight excluding hydrogens is 341 g/mol. The van der Waals surface area contributed by atoms with Gasteiger partial charge >= 0.3 is 12.2 Å². The van der Waals surface area contributed by atoms with E-state index in [0.29, 0.717) is 17.1 Å². The van der Waals surface area contributed by atoms with Crippen molar-refractivity contribution in [3.63, 3.8) is 0 Å². The van der Waals surface area contributed by atoms with Crippen LogP contribution in [0.25, 0.3) is 0 Å². The predicted octanol–water partition coefficient (Wildman–Crippen LogP) is 3.70. The van der Waals surface area contributed by atoms with Crippen molar-refractivity contribution in [2.24, 2.45) is 0 Å². The molecule has 2 N–H and O–H groups in total. The molecule has 1 aliphatic heterocycles. The first kappa shape index (κ1) is 15.9. The van der Waals surface area contributed by atoms with Gasteiger partial charge in [-0.05, 0) is 18.2 Å². The molecule has 2 heterocycles. The van der Waals surface area contributed by atoms with Gasteiger partial charge in [-0.2, -0.15) is 4.98 Å². The van der Waals surface area contributed by atoms with E-state index < -0.39 is 11.9 Å². The maximum Gasteiger partial charge on any atom is 0.415 e. The Morgan fingerprint density at radius 3 is 3.00 bits per heavy atom. The van der Waals surface area contributed by atoms with Crippen LogP contribution in [0.15, 0.2) is 53.3 Å². The number of carbonyl (C=O) groups is 1. The molecule has 7 nitrogen and oxygen atoms in total. The highest BCUT2D eigenvalue weighted by molar-refractivity contribution is 5.73. The van der Waals surface area contributed by atoms with Crippen LogP contribution in [-0.4, -0.2) is 16.0 Å². The number of aromatic nitrogens is 1. The lowest BCUT2D eigenvalue weighted by atomic mass is 10.1. The van der Waals surface area contributed by atoms with Crippen LogP contribution in [0.4, 0.5) is 14.9 Å². The summed E-state index contributed by atoms with van der Waals surface area (Å²) < 4.78 is 29.9. The van der Waals surface area contributed by atoms with E-state index in [0.717, 1.165) is 5.56 Å². The Kier molecular flexibility index (Phi) is 3.92. The largest absolute Gasteiger partial charge is 0.417 e. The smallest absolute Gasteiger partial charge is 0.415 e. The predicted molar refractivity (Wildman–Crippen MR) is 89.1 cm³/mol. The van der Waals surface area contributed by atoms with Crippen LogP contribution in [0.1, 0.15) is 11.1 Å². The van der Waals surface area contributed by atoms with Gasteiger partial charge in [0.05, 0.1) is 25.0 Å². The first-order valence-electron chi connectivity index (χ1n) is 7.80. The van der Waals surface area contributed by atoms with E-state index in [1.807, 2.05) is 0 Å². The van der Waals surface area contributed by atoms with Gasteiger partial charge in [0, 0.05) is 17.2 Å². The molecule has 26 heavy (non-hydrogen) atoms. The Labute approximate surface area is 147 Å². The maximum absolute atomic E-state index is 14.1. The summed E-state index contributed by atoms with van der Waals surface area (Å²) in [5, 5.41) is 0. The standard InChI is InChI=1S/C18H14FN3O4/c19-16-12(2-1-3-14(16)20)10-22-9-11-4-5-13(8-15(11)26-18(22)23)25-17-21-6-7-24-17/h1-8H,9-10,20H2. The fourth-order valence-corrected chi connectivity index (χ4v) is 2.66. The topological polar surface area (TPSA) is 90.8 Å². The van der Waals surface area contributed by atoms with Gasteiger partial charge in [-0.1, -0.05) is 12.1 Å². The number of benzene rings is 2. The molecule has 0 saturated carbocycles. The van der Waals surface area contributed by atoms with Crippen LogP contribution in [0.5, 0.6) is 17.6 Å². The first-order valence-corrected chi connectivity index (χ1v) is 7.80. The Morgan fingerprint density at radius 2 is 2.19 bits per heavy atom. The van der Waals surface area contributed by atoms with Gasteiger partial charge in [0.25, 0.3) is 0 Å². The molecule has 3 aromatic rings. The van der Waals surface area contributed by atoms with Crippen molar-refractivity contribution in [3.05, 3.63) is 65.8 Å². The van der Waals surface area contributed by atoms with E-state index in [9.17, 15) is 9.18 Å². The number of anilines is 1. The monoisotopic (exact) mass is 355 g/mol. The molecule has 0 spiro atoms. The summed E-state index contributed by atoms with van der Waals surface area (Å²) in [7, 11) is 0. The summed E-state index contributed by atoms with van der Waals surface area (Å²) in [4.78, 5) is 17.5. The average molecular weight is 355 g/mol. The van der Waals surface area contributed by atoms with E-state index in [2.05, 4.69) is 4.98 Å². The lowest BCUT2D eigenvalue weighted by Gasteiger charge is -2.28. The van der Waals surface area contributed by atoms with Crippen molar-refractivity contribution in [1.29, 1.82) is 0 Å². The molecule has 0 bridgehead atoms. The molecule has 2 aromatic carbocycles. The van der Waals surface area contributed by atoms with Gasteiger partial charge in [0.1, 0.15) is 17.8 Å². The number of nitrogens with zero attached hydrogens (tertiary/aromatic N) is 2. The van der Waals surface area contributed by atoms with E-state index in [1.165, 1.54) is 23.4 Å². The van der Waals surface area contributed by atoms with Gasteiger partial charge in [-0.25, -0.2) is 9.18 Å². The maximum atomic E-state index is 14.1. The van der Waals surface area contributed by atoms with Crippen molar-refractivity contribution in [2.45, 2.75) is 13.1 Å². The molecule has 1 aromatic heterocycles. The summed E-state index contributed by atoms with van der Waals surface area (Å²) in [5.41, 5.74) is 6.72. The number of fused-ring (bicyclic) bond motifs is 1. The summed E-state index contributed by atoms with van der Waals surface area (Å²) in [6, 6.07) is 9.75. The van der Waals surface area contributed by atoms with E-state index >= 15 is 0 Å². The molecule has 0 aliphatic carbocycles. The molecular formula is C18H14FN3O4. The number of hydrogen-bond acceptors (Lipinski definition) is 6. The highest BCUT2D eigenvalue weighted by Gasteiger charge is 2.26. The van der Waals surface area contributed by atoms with Gasteiger partial charge in [-0.15, -0.1) is 0 Å². The van der Waals surface area contributed by atoms with Crippen LogP contribution in [0, 0.1) is 5.82 Å². The van der Waals surface area contributed by atoms with Gasteiger partial charge in [0.2, 0.25) is 0 Å². The molecule has 1 aliphatic rings. The van der Waals surface area contributed by atoms with Crippen molar-refractivity contribution >= 4 is 11.8 Å². The third kappa shape index (κ3) is 3.04. The van der Waals surface area contributed by atoms with Crippen LogP contribution in [0.2, 0.25) is 0 Å². The minimum atomic E-state index is -0.576. The quantitative estimate of drug-likeness (QED) is 0.718. The number of hydrogen-bond donors (Lipinski definition) is 1. The number of oxazole rings is 1. The third-order valence-corrected chi connectivity index (χ3v) is 3.94. The molecule has 0 unspecified atom stereocenters. The number of carbonyl (C=O) groups excluding carboxylic acids is 1. The number of halogens is 1. The summed E-state index contributed by atoms with van der Waals surface area (Å²) >= 11 is 0. The second-order valence-corrected chi connectivity index (χ2v) is 5.71. The normalized spacial score (nSPS) is 13.3. The SMILES string of the molecule is Nc1cccc(CN2Cc3ccc(Oc4ncco4)cc3OC2=O)c1F. The second kappa shape index (κ2) is 6.40. The highest BCUT2D eigenvalue weighted by atomic mass is 19.1. The van der Waals surface area contributed by atoms with Crippen LogP contribution < -0.4 is 15.2 Å². The van der Waals surface area contributed by atoms with Crippen molar-refractivity contribution in [3.8, 4) is 17.6 Å². The molecule has 0 atom stereocenters. The minimum absolute atomic E-state index is 0.0432. The Balaban J connectivity index is 1.53. The molecule has 1 amide bonds. The zero-order valence-corrected chi connectivity index (χ0v) is 13.5. The Hall–Kier alpha value is -3.55. The summed E-state index contributed by atoms with van der Waals surface area (Å²) in [5.74, 6) is 0.276. The number of ether oxygens (including phenoxy) is 2. The molecule has 8 heteroatoms. The minimum Gasteiger partial charge on any atom is -0.417 e. The summed E-state index contributed by atoms with van der Waals surface area (Å²) in [6.07, 6.45) is 2.36. The van der Waals surface area contributed by atoms with E-state index in [1.54, 1.807) is 30.3 Å². The lowest BCUT2D eigenvalue weighted by Crippen LogP contribution is -2.36. The number of rotatable bonds is 4. The molecule has 0 radical (unpaired) electrons. The van der Waals surface area contributed by atoms with Crippen LogP contribution >= 0.6 is 0 Å². The van der Waals surface area contributed by atoms with Crippen LogP contribution in [0.3, 0.4) is 0 Å². The fourth-order valence-electron chi connectivity index (χ4n) is 2.66. The van der Waals surface area contributed by atoms with Gasteiger partial charge < -0.3 is 19.6 Å². The third-order valence-electron chi connectivity index (χ3n) is 3.94. The zero-order chi connectivity index (χ0) is 18.1. The number of nitrogens with two attached hydrogens (primary N) is 1. The fraction of sp³-hybridized carbons (Fsp3) is 0.111. The summed E-state index contributed by atoms with van der Waals surface area (Å²) in [6.45, 7) is 0.339. The zero-order valence-electron chi connectivity index (χ0n) is 13.5. The lowest BCUT2D eigenvalue weighted by molar-refractivity contribution is 0.134. The van der Waals surface area contributed by atoms with Gasteiger partial charge in [0.15, 0.2) is 5.82 Å². The van der Waals surface area contributed by atoms with Crippen molar-refractivity contribution in [2.75, 3.05) is 5.73 Å². The number of amides is 1. The molecule has 0 saturated heterocycles. The van der Waals surface area contributed by atoms with E-state index in [-0.39, 0.29) is 24.9 Å². The first-order chi connectivity index (χ1) is 12.6.